The maximum atomic E-state index is 12.9. The molecule has 5 heteroatoms. The predicted octanol–water partition coefficient (Wildman–Crippen LogP) is 2.88. The molecule has 1 aliphatic rings. The predicted molar refractivity (Wildman–Crippen MR) is 76.4 cm³/mol. The molecule has 110 valence electrons. The smallest absolute Gasteiger partial charge is 0.410 e. The molecule has 1 heterocycles. The molecule has 0 atom stereocenters. The molecule has 1 aromatic carbocycles. The summed E-state index contributed by atoms with van der Waals surface area (Å²) in [6.45, 7) is 6.82. The van der Waals surface area contributed by atoms with Crippen molar-refractivity contribution in [3.05, 3.63) is 30.1 Å². The minimum Gasteiger partial charge on any atom is -0.444 e. The second kappa shape index (κ2) is 5.31. The molecule has 0 aromatic heterocycles. The largest absolute Gasteiger partial charge is 0.444 e. The fraction of sp³-hybridized carbons (Fsp3) is 0.533. The molecule has 1 amide bonds. The van der Waals surface area contributed by atoms with Crippen LogP contribution in [0.1, 0.15) is 20.8 Å². The van der Waals surface area contributed by atoms with E-state index < -0.39 is 5.60 Å². The van der Waals surface area contributed by atoms with E-state index in [4.69, 9.17) is 4.74 Å². The number of benzene rings is 1. The maximum Gasteiger partial charge on any atom is 0.410 e. The Morgan fingerprint density at radius 3 is 2.35 bits per heavy atom. The third kappa shape index (κ3) is 3.40. The zero-order chi connectivity index (χ0) is 14.9. The molecule has 0 N–H and O–H groups in total. The van der Waals surface area contributed by atoms with Gasteiger partial charge in [0.2, 0.25) is 0 Å². The molecule has 0 saturated carbocycles. The monoisotopic (exact) mass is 280 g/mol. The number of likely N-dealkylation sites (tertiary alicyclic amines) is 1. The number of hydrogen-bond donors (Lipinski definition) is 0. The van der Waals surface area contributed by atoms with Crippen molar-refractivity contribution in [2.75, 3.05) is 25.0 Å². The fourth-order valence-electron chi connectivity index (χ4n) is 2.06. The van der Waals surface area contributed by atoms with E-state index >= 15 is 0 Å². The Morgan fingerprint density at radius 2 is 1.85 bits per heavy atom. The summed E-state index contributed by atoms with van der Waals surface area (Å²) >= 11 is 0. The molecule has 0 bridgehead atoms. The normalized spacial score (nSPS) is 15.8. The number of carbonyl (C=O) groups excluding carboxylic acids is 1. The van der Waals surface area contributed by atoms with Crippen molar-refractivity contribution in [2.45, 2.75) is 32.4 Å². The van der Waals surface area contributed by atoms with Crippen LogP contribution in [0.25, 0.3) is 0 Å². The summed E-state index contributed by atoms with van der Waals surface area (Å²) in [7, 11) is 1.95. The van der Waals surface area contributed by atoms with Gasteiger partial charge in [-0.15, -0.1) is 0 Å². The summed E-state index contributed by atoms with van der Waals surface area (Å²) in [6, 6.07) is 6.61. The second-order valence-electron chi connectivity index (χ2n) is 6.13. The molecule has 2 rings (SSSR count). The summed E-state index contributed by atoms with van der Waals surface area (Å²) in [5, 5.41) is 0. The van der Waals surface area contributed by atoms with E-state index in [9.17, 15) is 9.18 Å². The van der Waals surface area contributed by atoms with Crippen molar-refractivity contribution in [3.63, 3.8) is 0 Å². The zero-order valence-electron chi connectivity index (χ0n) is 12.4. The first-order valence-corrected chi connectivity index (χ1v) is 6.72. The molecule has 1 aliphatic heterocycles. The number of ether oxygens (including phenoxy) is 1. The number of likely N-dealkylation sites (N-methyl/N-ethyl adjacent to an activating group) is 1. The van der Waals surface area contributed by atoms with Gasteiger partial charge in [0.25, 0.3) is 0 Å². The van der Waals surface area contributed by atoms with Gasteiger partial charge >= 0.3 is 6.09 Å². The van der Waals surface area contributed by atoms with Crippen molar-refractivity contribution in [1.29, 1.82) is 0 Å². The van der Waals surface area contributed by atoms with Gasteiger partial charge in [-0.3, -0.25) is 0 Å². The maximum absolute atomic E-state index is 12.9. The van der Waals surface area contributed by atoms with Gasteiger partial charge in [-0.05, 0) is 45.0 Å². The highest BCUT2D eigenvalue weighted by molar-refractivity contribution is 5.70. The Bertz CT molecular complexity index is 476. The first-order chi connectivity index (χ1) is 9.26. The average Bonchev–Trinajstić information content (AvgIpc) is 2.25. The van der Waals surface area contributed by atoms with E-state index in [-0.39, 0.29) is 18.0 Å². The van der Waals surface area contributed by atoms with Crippen LogP contribution in [0.3, 0.4) is 0 Å². The fourth-order valence-corrected chi connectivity index (χ4v) is 2.06. The molecule has 0 unspecified atom stereocenters. The number of hydrogen-bond acceptors (Lipinski definition) is 3. The number of amides is 1. The quantitative estimate of drug-likeness (QED) is 0.835. The standard InChI is InChI=1S/C15H21FN2O2/c1-15(2,3)20-14(19)18-9-13(10-18)17(4)12-7-5-11(16)6-8-12/h5-8,13H,9-10H2,1-4H3. The minimum atomic E-state index is -0.467. The van der Waals surface area contributed by atoms with E-state index in [1.54, 1.807) is 17.0 Å². The van der Waals surface area contributed by atoms with Crippen LogP contribution in [0, 0.1) is 5.82 Å². The molecule has 1 aromatic rings. The minimum absolute atomic E-state index is 0.243. The van der Waals surface area contributed by atoms with E-state index in [2.05, 4.69) is 4.90 Å². The van der Waals surface area contributed by atoms with Gasteiger partial charge in [0.05, 0.1) is 6.04 Å². The van der Waals surface area contributed by atoms with Crippen LogP contribution in [0.15, 0.2) is 24.3 Å². The van der Waals surface area contributed by atoms with Crippen LogP contribution in [0.2, 0.25) is 0 Å². The Hall–Kier alpha value is -1.78. The highest BCUT2D eigenvalue weighted by atomic mass is 19.1. The summed E-state index contributed by atoms with van der Waals surface area (Å²) in [5.74, 6) is -0.244. The van der Waals surface area contributed by atoms with Crippen molar-refractivity contribution in [2.24, 2.45) is 0 Å². The average molecular weight is 280 g/mol. The van der Waals surface area contributed by atoms with Gasteiger partial charge in [-0.2, -0.15) is 0 Å². The molecular weight excluding hydrogens is 259 g/mol. The Kier molecular flexibility index (Phi) is 3.88. The Labute approximate surface area is 119 Å². The molecule has 1 saturated heterocycles. The van der Waals surface area contributed by atoms with Gasteiger partial charge in [0.1, 0.15) is 11.4 Å². The third-order valence-electron chi connectivity index (χ3n) is 3.30. The topological polar surface area (TPSA) is 32.8 Å². The van der Waals surface area contributed by atoms with Crippen molar-refractivity contribution >= 4 is 11.8 Å². The van der Waals surface area contributed by atoms with Gasteiger partial charge in [0.15, 0.2) is 0 Å². The van der Waals surface area contributed by atoms with Crippen LogP contribution < -0.4 is 4.90 Å². The zero-order valence-corrected chi connectivity index (χ0v) is 12.4. The molecule has 1 fully saturated rings. The number of carbonyl (C=O) groups is 1. The van der Waals surface area contributed by atoms with Gasteiger partial charge in [-0.1, -0.05) is 0 Å². The lowest BCUT2D eigenvalue weighted by atomic mass is 10.1. The third-order valence-corrected chi connectivity index (χ3v) is 3.30. The lowest BCUT2D eigenvalue weighted by molar-refractivity contribution is 0.00852. The molecule has 0 spiro atoms. The van der Waals surface area contributed by atoms with E-state index in [0.29, 0.717) is 13.1 Å². The van der Waals surface area contributed by atoms with Crippen molar-refractivity contribution in [3.8, 4) is 0 Å². The Balaban J connectivity index is 1.87. The number of anilines is 1. The first-order valence-electron chi connectivity index (χ1n) is 6.72. The lowest BCUT2D eigenvalue weighted by Crippen LogP contribution is -2.61. The van der Waals surface area contributed by atoms with Crippen LogP contribution in [0.4, 0.5) is 14.9 Å². The molecule has 4 nitrogen and oxygen atoms in total. The van der Waals surface area contributed by atoms with Crippen LogP contribution >= 0.6 is 0 Å². The first kappa shape index (κ1) is 14.6. The summed E-state index contributed by atoms with van der Waals surface area (Å²) in [4.78, 5) is 15.6. The number of rotatable bonds is 2. The van der Waals surface area contributed by atoms with Gasteiger partial charge < -0.3 is 14.5 Å². The second-order valence-corrected chi connectivity index (χ2v) is 6.13. The van der Waals surface area contributed by atoms with Gasteiger partial charge in [0, 0.05) is 25.8 Å². The Morgan fingerprint density at radius 1 is 1.30 bits per heavy atom. The van der Waals surface area contributed by atoms with E-state index in [1.165, 1.54) is 12.1 Å². The highest BCUT2D eigenvalue weighted by Crippen LogP contribution is 2.23. The van der Waals surface area contributed by atoms with Crippen molar-refractivity contribution < 1.29 is 13.9 Å². The summed E-state index contributed by atoms with van der Waals surface area (Å²) < 4.78 is 18.2. The van der Waals surface area contributed by atoms with Crippen LogP contribution in [0.5, 0.6) is 0 Å². The lowest BCUT2D eigenvalue weighted by Gasteiger charge is -2.44. The molecule has 0 radical (unpaired) electrons. The molecule has 0 aliphatic carbocycles. The van der Waals surface area contributed by atoms with E-state index in [1.807, 2.05) is 27.8 Å². The van der Waals surface area contributed by atoms with Crippen LogP contribution in [-0.2, 0) is 4.74 Å². The SMILES string of the molecule is CN(c1ccc(F)cc1)C1CN(C(=O)OC(C)(C)C)C1. The molecule has 20 heavy (non-hydrogen) atoms. The van der Waals surface area contributed by atoms with Gasteiger partial charge in [-0.25, -0.2) is 9.18 Å². The number of nitrogens with zero attached hydrogens (tertiary/aromatic N) is 2. The highest BCUT2D eigenvalue weighted by Gasteiger charge is 2.35. The van der Waals surface area contributed by atoms with E-state index in [0.717, 1.165) is 5.69 Å². The van der Waals surface area contributed by atoms with Crippen molar-refractivity contribution in [1.82, 2.24) is 4.90 Å². The summed E-state index contributed by atoms with van der Waals surface area (Å²) in [6.07, 6.45) is -0.277. The number of halogens is 1. The summed E-state index contributed by atoms with van der Waals surface area (Å²) in [5.41, 5.74) is 0.477. The van der Waals surface area contributed by atoms with Crippen LogP contribution in [-0.4, -0.2) is 42.8 Å². The molecular formula is C15H21FN2O2.